The number of morpholine rings is 1. The summed E-state index contributed by atoms with van der Waals surface area (Å²) >= 11 is 1.41. The minimum atomic E-state index is -0.413. The molecule has 1 N–H and O–H groups in total. The summed E-state index contributed by atoms with van der Waals surface area (Å²) in [4.78, 5) is 28.3. The molecule has 0 radical (unpaired) electrons. The third kappa shape index (κ3) is 4.79. The lowest BCUT2D eigenvalue weighted by Crippen LogP contribution is -2.41. The lowest BCUT2D eigenvalue weighted by molar-refractivity contribution is -0.118. The van der Waals surface area contributed by atoms with Crippen molar-refractivity contribution in [3.05, 3.63) is 40.3 Å². The van der Waals surface area contributed by atoms with E-state index in [1.54, 1.807) is 6.92 Å². The van der Waals surface area contributed by atoms with Gasteiger partial charge in [-0.05, 0) is 26.3 Å². The average molecular weight is 403 g/mol. The predicted octanol–water partition coefficient (Wildman–Crippen LogP) is 3.48. The number of nitrogens with zero attached hydrogens (tertiary/aromatic N) is 1. The molecule has 6 nitrogen and oxygen atoms in total. The van der Waals surface area contributed by atoms with Crippen molar-refractivity contribution >= 4 is 28.2 Å². The Balaban J connectivity index is 1.89. The summed E-state index contributed by atoms with van der Waals surface area (Å²) in [5, 5.41) is 3.48. The molecule has 1 saturated heterocycles. The molecular weight excluding hydrogens is 376 g/mol. The fourth-order valence-electron chi connectivity index (χ4n) is 3.23. The van der Waals surface area contributed by atoms with Crippen LogP contribution < -0.4 is 5.32 Å². The molecule has 150 valence electrons. The van der Waals surface area contributed by atoms with Gasteiger partial charge in [-0.25, -0.2) is 4.79 Å². The van der Waals surface area contributed by atoms with Gasteiger partial charge in [0.25, 0.3) is 0 Å². The molecular formula is C21H26N2O4S. The third-order valence-electron chi connectivity index (χ3n) is 4.63. The van der Waals surface area contributed by atoms with E-state index in [0.717, 1.165) is 34.7 Å². The Morgan fingerprint density at radius 1 is 1.18 bits per heavy atom. The second kappa shape index (κ2) is 9.32. The minimum absolute atomic E-state index is 0.135. The van der Waals surface area contributed by atoms with E-state index in [4.69, 9.17) is 9.47 Å². The van der Waals surface area contributed by atoms with Crippen molar-refractivity contribution in [3.63, 3.8) is 0 Å². The maximum Gasteiger partial charge on any atom is 0.341 e. The van der Waals surface area contributed by atoms with Crippen LogP contribution in [-0.4, -0.2) is 56.2 Å². The summed E-state index contributed by atoms with van der Waals surface area (Å²) in [5.41, 5.74) is 3.35. The highest BCUT2D eigenvalue weighted by Crippen LogP contribution is 2.40. The molecule has 1 aromatic carbocycles. The van der Waals surface area contributed by atoms with E-state index in [9.17, 15) is 9.59 Å². The van der Waals surface area contributed by atoms with Gasteiger partial charge in [0.1, 0.15) is 10.6 Å². The van der Waals surface area contributed by atoms with Gasteiger partial charge in [-0.1, -0.05) is 29.8 Å². The largest absolute Gasteiger partial charge is 0.462 e. The second-order valence-electron chi connectivity index (χ2n) is 6.76. The molecule has 28 heavy (non-hydrogen) atoms. The zero-order chi connectivity index (χ0) is 20.1. The van der Waals surface area contributed by atoms with Crippen LogP contribution in [0, 0.1) is 13.8 Å². The minimum Gasteiger partial charge on any atom is -0.462 e. The molecule has 1 aromatic heterocycles. The van der Waals surface area contributed by atoms with Crippen LogP contribution in [0.25, 0.3) is 11.1 Å². The summed E-state index contributed by atoms with van der Waals surface area (Å²) in [6.07, 6.45) is 0. The molecule has 7 heteroatoms. The number of carbonyl (C=O) groups excluding carboxylic acids is 2. The van der Waals surface area contributed by atoms with E-state index in [1.165, 1.54) is 11.3 Å². The number of esters is 1. The second-order valence-corrected chi connectivity index (χ2v) is 7.99. The number of thiophene rings is 1. The lowest BCUT2D eigenvalue weighted by atomic mass is 10.0. The van der Waals surface area contributed by atoms with Gasteiger partial charge in [-0.3, -0.25) is 9.69 Å². The molecule has 1 fully saturated rings. The van der Waals surface area contributed by atoms with Gasteiger partial charge in [0.15, 0.2) is 0 Å². The number of anilines is 1. The van der Waals surface area contributed by atoms with Crippen LogP contribution in [0.1, 0.15) is 27.7 Å². The monoisotopic (exact) mass is 402 g/mol. The standard InChI is InChI=1S/C21H26N2O4S/c1-4-27-21(25)19-18(16-7-5-14(2)6-8-16)15(3)28-20(19)22-17(24)13-23-9-11-26-12-10-23/h5-8H,4,9-13H2,1-3H3,(H,22,24). The van der Waals surface area contributed by atoms with E-state index in [0.29, 0.717) is 23.8 Å². The summed E-state index contributed by atoms with van der Waals surface area (Å²) in [7, 11) is 0. The first-order valence-corrected chi connectivity index (χ1v) is 10.3. The Morgan fingerprint density at radius 3 is 2.50 bits per heavy atom. The molecule has 0 bridgehead atoms. The molecule has 1 aliphatic rings. The summed E-state index contributed by atoms with van der Waals surface area (Å²) in [6, 6.07) is 8.01. The number of hydrogen-bond acceptors (Lipinski definition) is 6. The molecule has 0 saturated carbocycles. The molecule has 3 rings (SSSR count). The summed E-state index contributed by atoms with van der Waals surface area (Å²) in [6.45, 7) is 9.05. The molecule has 0 aliphatic carbocycles. The molecule has 0 atom stereocenters. The van der Waals surface area contributed by atoms with Crippen molar-refractivity contribution in [2.75, 3.05) is 44.8 Å². The molecule has 2 aromatic rings. The quantitative estimate of drug-likeness (QED) is 0.750. The normalized spacial score (nSPS) is 14.7. The SMILES string of the molecule is CCOC(=O)c1c(NC(=O)CN2CCOCC2)sc(C)c1-c1ccc(C)cc1. The Kier molecular flexibility index (Phi) is 6.83. The number of amides is 1. The smallest absolute Gasteiger partial charge is 0.341 e. The first kappa shape index (κ1) is 20.5. The van der Waals surface area contributed by atoms with E-state index in [-0.39, 0.29) is 19.1 Å². The molecule has 1 amide bonds. The van der Waals surface area contributed by atoms with Gasteiger partial charge in [0.05, 0.1) is 26.4 Å². The molecule has 0 spiro atoms. The van der Waals surface area contributed by atoms with Crippen molar-refractivity contribution in [1.29, 1.82) is 0 Å². The van der Waals surface area contributed by atoms with Crippen molar-refractivity contribution in [3.8, 4) is 11.1 Å². The van der Waals surface area contributed by atoms with Crippen LogP contribution in [0.4, 0.5) is 5.00 Å². The van der Waals surface area contributed by atoms with Crippen LogP contribution >= 0.6 is 11.3 Å². The predicted molar refractivity (Wildman–Crippen MR) is 111 cm³/mol. The van der Waals surface area contributed by atoms with Gasteiger partial charge in [-0.15, -0.1) is 11.3 Å². The van der Waals surface area contributed by atoms with E-state index in [1.807, 2.05) is 43.0 Å². The fourth-order valence-corrected chi connectivity index (χ4v) is 4.31. The summed E-state index contributed by atoms with van der Waals surface area (Å²) < 4.78 is 10.6. The maximum atomic E-state index is 12.7. The van der Waals surface area contributed by atoms with Crippen LogP contribution in [-0.2, 0) is 14.3 Å². The number of carbonyl (C=O) groups is 2. The van der Waals surface area contributed by atoms with Crippen LogP contribution in [0.5, 0.6) is 0 Å². The van der Waals surface area contributed by atoms with Crippen molar-refractivity contribution in [2.45, 2.75) is 20.8 Å². The van der Waals surface area contributed by atoms with Gasteiger partial charge in [-0.2, -0.15) is 0 Å². The number of benzene rings is 1. The van der Waals surface area contributed by atoms with Crippen molar-refractivity contribution in [2.24, 2.45) is 0 Å². The third-order valence-corrected chi connectivity index (χ3v) is 5.65. The highest BCUT2D eigenvalue weighted by molar-refractivity contribution is 7.17. The van der Waals surface area contributed by atoms with E-state index >= 15 is 0 Å². The number of ether oxygens (including phenoxy) is 2. The van der Waals surface area contributed by atoms with Crippen LogP contribution in [0.15, 0.2) is 24.3 Å². The van der Waals surface area contributed by atoms with Gasteiger partial charge in [0.2, 0.25) is 5.91 Å². The molecule has 2 heterocycles. The number of nitrogens with one attached hydrogen (secondary N) is 1. The van der Waals surface area contributed by atoms with E-state index in [2.05, 4.69) is 5.32 Å². The Morgan fingerprint density at radius 2 is 1.86 bits per heavy atom. The van der Waals surface area contributed by atoms with Gasteiger partial charge >= 0.3 is 5.97 Å². The fraction of sp³-hybridized carbons (Fsp3) is 0.429. The highest BCUT2D eigenvalue weighted by Gasteiger charge is 2.26. The van der Waals surface area contributed by atoms with Crippen LogP contribution in [0.3, 0.4) is 0 Å². The molecule has 0 unspecified atom stereocenters. The molecule has 1 aliphatic heterocycles. The Hall–Kier alpha value is -2.22. The first-order chi connectivity index (χ1) is 13.5. The van der Waals surface area contributed by atoms with Gasteiger partial charge < -0.3 is 14.8 Å². The average Bonchev–Trinajstić information content (AvgIpc) is 2.99. The lowest BCUT2D eigenvalue weighted by Gasteiger charge is -2.25. The summed E-state index contributed by atoms with van der Waals surface area (Å²) in [5.74, 6) is -0.548. The highest BCUT2D eigenvalue weighted by atomic mass is 32.1. The first-order valence-electron chi connectivity index (χ1n) is 9.47. The Labute approximate surface area is 169 Å². The number of hydrogen-bond donors (Lipinski definition) is 1. The van der Waals surface area contributed by atoms with Crippen molar-refractivity contribution < 1.29 is 19.1 Å². The zero-order valence-electron chi connectivity index (χ0n) is 16.5. The van der Waals surface area contributed by atoms with E-state index < -0.39 is 5.97 Å². The maximum absolute atomic E-state index is 12.7. The number of rotatable bonds is 6. The zero-order valence-corrected chi connectivity index (χ0v) is 17.4. The van der Waals surface area contributed by atoms with Crippen LogP contribution in [0.2, 0.25) is 0 Å². The number of aryl methyl sites for hydroxylation is 2. The van der Waals surface area contributed by atoms with Gasteiger partial charge in [0, 0.05) is 23.5 Å². The topological polar surface area (TPSA) is 67.9 Å². The Bertz CT molecular complexity index is 839. The van der Waals surface area contributed by atoms with Crippen molar-refractivity contribution in [1.82, 2.24) is 4.90 Å².